The Balaban J connectivity index is 1.80. The van der Waals surface area contributed by atoms with Gasteiger partial charge in [0.15, 0.2) is 5.75 Å². The normalized spacial score (nSPS) is 10.7. The highest BCUT2D eigenvalue weighted by atomic mass is 35.5. The fourth-order valence-corrected chi connectivity index (χ4v) is 2.65. The second-order valence-corrected chi connectivity index (χ2v) is 6.12. The number of hydrogen-bond donors (Lipinski definition) is 0. The molecule has 0 amide bonds. The van der Waals surface area contributed by atoms with E-state index in [4.69, 9.17) is 21.1 Å². The zero-order chi connectivity index (χ0) is 19.6. The quantitative estimate of drug-likeness (QED) is 0.448. The van der Waals surface area contributed by atoms with Gasteiger partial charge < -0.3 is 9.47 Å². The Kier molecular flexibility index (Phi) is 5.27. The smallest absolute Gasteiger partial charge is 0.306 e. The van der Waals surface area contributed by atoms with Crippen LogP contribution in [0.2, 0.25) is 5.02 Å². The summed E-state index contributed by atoms with van der Waals surface area (Å²) >= 11 is 5.98. The average Bonchev–Trinajstić information content (AvgIpc) is 2.97. The summed E-state index contributed by atoms with van der Waals surface area (Å²) in [6.07, 6.45) is 1.65. The van der Waals surface area contributed by atoms with Gasteiger partial charge in [0.1, 0.15) is 17.2 Å². The van der Waals surface area contributed by atoms with E-state index in [0.29, 0.717) is 18.0 Å². The van der Waals surface area contributed by atoms with Gasteiger partial charge in [0.2, 0.25) is 5.82 Å². The molecule has 2 aromatic carbocycles. The fraction of sp³-hybridized carbons (Fsp3) is 0.167. The lowest BCUT2D eigenvalue weighted by Crippen LogP contribution is -2.00. The maximum Gasteiger partial charge on any atom is 0.306 e. The Morgan fingerprint density at radius 2 is 1.96 bits per heavy atom. The number of aromatic nitrogens is 2. The van der Waals surface area contributed by atoms with Gasteiger partial charge in [-0.05, 0) is 24.6 Å². The van der Waals surface area contributed by atoms with Crippen LogP contribution in [0.5, 0.6) is 17.2 Å². The van der Waals surface area contributed by atoms with E-state index in [1.165, 1.54) is 0 Å². The number of methoxy groups -OCH3 is 1. The van der Waals surface area contributed by atoms with Gasteiger partial charge in [-0.25, -0.2) is 0 Å². The Hall–Kier alpha value is -3.13. The number of nitro groups is 1. The SMILES string of the molecule is COc1ccc(Cn2cc(Oc3cc(F)c([N+](=O)[O-])cc3Cl)c(C)n2)cc1. The number of benzene rings is 2. The average molecular weight is 392 g/mol. The number of nitro benzene ring substituents is 1. The highest BCUT2D eigenvalue weighted by Crippen LogP contribution is 2.35. The van der Waals surface area contributed by atoms with Gasteiger partial charge in [-0.15, -0.1) is 0 Å². The molecule has 1 heterocycles. The van der Waals surface area contributed by atoms with E-state index in [1.807, 2.05) is 24.3 Å². The van der Waals surface area contributed by atoms with Crippen LogP contribution in [-0.4, -0.2) is 21.8 Å². The van der Waals surface area contributed by atoms with Crippen molar-refractivity contribution in [3.8, 4) is 17.2 Å². The van der Waals surface area contributed by atoms with E-state index >= 15 is 0 Å². The lowest BCUT2D eigenvalue weighted by atomic mass is 10.2. The van der Waals surface area contributed by atoms with Crippen molar-refractivity contribution in [2.75, 3.05) is 7.11 Å². The molecule has 27 heavy (non-hydrogen) atoms. The van der Waals surface area contributed by atoms with Gasteiger partial charge >= 0.3 is 5.69 Å². The summed E-state index contributed by atoms with van der Waals surface area (Å²) in [6, 6.07) is 9.34. The Labute approximate surface area is 159 Å². The summed E-state index contributed by atoms with van der Waals surface area (Å²) in [6.45, 7) is 2.23. The minimum absolute atomic E-state index is 0.0214. The van der Waals surface area contributed by atoms with Gasteiger partial charge in [0.05, 0.1) is 29.8 Å². The molecule has 0 unspecified atom stereocenters. The van der Waals surface area contributed by atoms with Crippen molar-refractivity contribution in [1.29, 1.82) is 0 Å². The van der Waals surface area contributed by atoms with Crippen molar-refractivity contribution in [2.45, 2.75) is 13.5 Å². The topological polar surface area (TPSA) is 79.4 Å². The van der Waals surface area contributed by atoms with Gasteiger partial charge in [-0.1, -0.05) is 23.7 Å². The van der Waals surface area contributed by atoms with Crippen LogP contribution in [0.3, 0.4) is 0 Å². The van der Waals surface area contributed by atoms with Crippen molar-refractivity contribution in [3.63, 3.8) is 0 Å². The van der Waals surface area contributed by atoms with Crippen molar-refractivity contribution < 1.29 is 18.8 Å². The lowest BCUT2D eigenvalue weighted by molar-refractivity contribution is -0.387. The molecule has 0 N–H and O–H groups in total. The zero-order valence-electron chi connectivity index (χ0n) is 14.5. The van der Waals surface area contributed by atoms with Crippen LogP contribution >= 0.6 is 11.6 Å². The number of ether oxygens (including phenoxy) is 2. The standard InChI is InChI=1S/C18H15ClFN3O4/c1-11-18(27-17-8-15(20)16(23(24)25)7-14(17)19)10-22(21-11)9-12-3-5-13(26-2)6-4-12/h3-8,10H,9H2,1-2H3. The Bertz CT molecular complexity index is 989. The lowest BCUT2D eigenvalue weighted by Gasteiger charge is -2.06. The van der Waals surface area contributed by atoms with E-state index in [2.05, 4.69) is 5.10 Å². The van der Waals surface area contributed by atoms with Crippen LogP contribution in [0.25, 0.3) is 0 Å². The van der Waals surface area contributed by atoms with E-state index in [0.717, 1.165) is 23.4 Å². The molecule has 0 saturated carbocycles. The first-order valence-corrected chi connectivity index (χ1v) is 8.23. The predicted molar refractivity (Wildman–Crippen MR) is 97.2 cm³/mol. The summed E-state index contributed by atoms with van der Waals surface area (Å²) < 4.78 is 26.2. The summed E-state index contributed by atoms with van der Waals surface area (Å²) in [5, 5.41) is 15.1. The van der Waals surface area contributed by atoms with E-state index in [1.54, 1.807) is 24.9 Å². The molecule has 1 aromatic heterocycles. The molecule has 0 aliphatic rings. The van der Waals surface area contributed by atoms with Crippen molar-refractivity contribution >= 4 is 17.3 Å². The minimum atomic E-state index is -1.03. The summed E-state index contributed by atoms with van der Waals surface area (Å²) in [5.74, 6) is 0.0856. The van der Waals surface area contributed by atoms with Gasteiger partial charge in [-0.2, -0.15) is 9.49 Å². The summed E-state index contributed by atoms with van der Waals surface area (Å²) in [7, 11) is 1.60. The molecule has 3 aromatic rings. The van der Waals surface area contributed by atoms with Crippen LogP contribution in [0.1, 0.15) is 11.3 Å². The predicted octanol–water partition coefficient (Wildman–Crippen LogP) is 4.74. The number of aryl methyl sites for hydroxylation is 1. The van der Waals surface area contributed by atoms with E-state index in [9.17, 15) is 14.5 Å². The second kappa shape index (κ2) is 7.63. The highest BCUT2D eigenvalue weighted by molar-refractivity contribution is 6.32. The highest BCUT2D eigenvalue weighted by Gasteiger charge is 2.19. The van der Waals surface area contributed by atoms with Gasteiger partial charge in [0, 0.05) is 12.1 Å². The largest absolute Gasteiger partial charge is 0.497 e. The van der Waals surface area contributed by atoms with Crippen LogP contribution in [0.15, 0.2) is 42.6 Å². The molecule has 0 radical (unpaired) electrons. The maximum atomic E-state index is 13.8. The maximum absolute atomic E-state index is 13.8. The first-order valence-electron chi connectivity index (χ1n) is 7.85. The molecule has 0 bridgehead atoms. The zero-order valence-corrected chi connectivity index (χ0v) is 15.2. The van der Waals surface area contributed by atoms with Crippen molar-refractivity contribution in [2.24, 2.45) is 0 Å². The van der Waals surface area contributed by atoms with Crippen molar-refractivity contribution in [1.82, 2.24) is 9.78 Å². The Morgan fingerprint density at radius 3 is 2.59 bits per heavy atom. The summed E-state index contributed by atoms with van der Waals surface area (Å²) in [5.41, 5.74) is 0.863. The molecule has 7 nitrogen and oxygen atoms in total. The second-order valence-electron chi connectivity index (χ2n) is 5.72. The molecule has 140 valence electrons. The third-order valence-corrected chi connectivity index (χ3v) is 4.12. The third-order valence-electron chi connectivity index (χ3n) is 3.82. The molecular weight excluding hydrogens is 377 g/mol. The van der Waals surface area contributed by atoms with Gasteiger partial charge in [0.25, 0.3) is 0 Å². The van der Waals surface area contributed by atoms with Crippen LogP contribution in [0, 0.1) is 22.9 Å². The van der Waals surface area contributed by atoms with E-state index < -0.39 is 16.4 Å². The molecule has 9 heteroatoms. The molecule has 0 aliphatic heterocycles. The summed E-state index contributed by atoms with van der Waals surface area (Å²) in [4.78, 5) is 9.92. The number of rotatable bonds is 6. The molecule has 3 rings (SSSR count). The number of hydrogen-bond acceptors (Lipinski definition) is 5. The molecule has 0 aliphatic carbocycles. The first-order chi connectivity index (χ1) is 12.9. The van der Waals surface area contributed by atoms with Crippen LogP contribution in [-0.2, 0) is 6.54 Å². The molecular formula is C18H15ClFN3O4. The third kappa shape index (κ3) is 4.17. The Morgan fingerprint density at radius 1 is 1.26 bits per heavy atom. The van der Waals surface area contributed by atoms with Crippen LogP contribution in [0.4, 0.5) is 10.1 Å². The molecule has 0 atom stereocenters. The van der Waals surface area contributed by atoms with Crippen LogP contribution < -0.4 is 9.47 Å². The molecule has 0 saturated heterocycles. The fourth-order valence-electron chi connectivity index (χ4n) is 2.45. The molecule has 0 spiro atoms. The van der Waals surface area contributed by atoms with Crippen molar-refractivity contribution in [3.05, 3.63) is 74.8 Å². The first kappa shape index (κ1) is 18.7. The number of halogens is 2. The number of nitrogens with zero attached hydrogens (tertiary/aromatic N) is 3. The van der Waals surface area contributed by atoms with Gasteiger partial charge in [-0.3, -0.25) is 14.8 Å². The molecule has 0 fully saturated rings. The minimum Gasteiger partial charge on any atom is -0.497 e. The monoisotopic (exact) mass is 391 g/mol. The van der Waals surface area contributed by atoms with E-state index in [-0.39, 0.29) is 10.8 Å².